The SMILES string of the molecule is C=CCC1(C(C)C(=O)O)C=c2ccccc2=N1. The van der Waals surface area contributed by atoms with Crippen molar-refractivity contribution in [2.24, 2.45) is 10.9 Å². The molecule has 1 aliphatic rings. The van der Waals surface area contributed by atoms with Gasteiger partial charge in [-0.05, 0) is 30.7 Å². The van der Waals surface area contributed by atoms with Crippen LogP contribution < -0.4 is 10.6 Å². The number of fused-ring (bicyclic) bond motifs is 1. The molecule has 0 aliphatic carbocycles. The first-order chi connectivity index (χ1) is 8.09. The topological polar surface area (TPSA) is 49.7 Å². The number of carboxylic acid groups (broad SMARTS) is 1. The number of hydrogen-bond acceptors (Lipinski definition) is 2. The third-order valence-corrected chi connectivity index (χ3v) is 3.26. The fourth-order valence-electron chi connectivity index (χ4n) is 2.19. The summed E-state index contributed by atoms with van der Waals surface area (Å²) in [5, 5.41) is 11.1. The van der Waals surface area contributed by atoms with Crippen molar-refractivity contribution in [2.45, 2.75) is 18.9 Å². The molecule has 2 rings (SSSR count). The molecule has 2 unspecified atom stereocenters. The Hall–Kier alpha value is -1.90. The lowest BCUT2D eigenvalue weighted by atomic mass is 9.83. The number of rotatable bonds is 4. The van der Waals surface area contributed by atoms with E-state index in [1.807, 2.05) is 30.3 Å². The molecular formula is C14H15NO2. The van der Waals surface area contributed by atoms with Gasteiger partial charge in [0.15, 0.2) is 0 Å². The molecule has 0 bridgehead atoms. The van der Waals surface area contributed by atoms with Crippen LogP contribution in [0.5, 0.6) is 0 Å². The normalized spacial score (nSPS) is 23.1. The Balaban J connectivity index is 2.57. The van der Waals surface area contributed by atoms with Gasteiger partial charge in [0, 0.05) is 0 Å². The first kappa shape index (κ1) is 11.6. The summed E-state index contributed by atoms with van der Waals surface area (Å²) in [6, 6.07) is 7.70. The van der Waals surface area contributed by atoms with Crippen LogP contribution in [0.15, 0.2) is 41.9 Å². The molecule has 3 nitrogen and oxygen atoms in total. The van der Waals surface area contributed by atoms with E-state index < -0.39 is 17.4 Å². The molecule has 0 saturated carbocycles. The quantitative estimate of drug-likeness (QED) is 0.787. The Morgan fingerprint density at radius 3 is 2.88 bits per heavy atom. The Bertz CT molecular complexity index is 539. The zero-order valence-electron chi connectivity index (χ0n) is 9.76. The van der Waals surface area contributed by atoms with Gasteiger partial charge in [-0.1, -0.05) is 24.3 Å². The van der Waals surface area contributed by atoms with Crippen LogP contribution in [-0.2, 0) is 4.79 Å². The van der Waals surface area contributed by atoms with E-state index in [1.54, 1.807) is 13.0 Å². The Labute approximate surface area is 99.8 Å². The molecule has 2 atom stereocenters. The lowest BCUT2D eigenvalue weighted by molar-refractivity contribution is -0.142. The van der Waals surface area contributed by atoms with Crippen LogP contribution in [0, 0.1) is 5.92 Å². The molecule has 0 saturated heterocycles. The summed E-state index contributed by atoms with van der Waals surface area (Å²) in [7, 11) is 0. The van der Waals surface area contributed by atoms with Gasteiger partial charge < -0.3 is 5.11 Å². The van der Waals surface area contributed by atoms with Crippen LogP contribution >= 0.6 is 0 Å². The third kappa shape index (κ3) is 1.88. The molecule has 1 aromatic rings. The minimum atomic E-state index is -0.834. The highest BCUT2D eigenvalue weighted by Gasteiger charge is 2.38. The minimum Gasteiger partial charge on any atom is -0.481 e. The maximum Gasteiger partial charge on any atom is 0.309 e. The second-order valence-electron chi connectivity index (χ2n) is 4.36. The van der Waals surface area contributed by atoms with E-state index >= 15 is 0 Å². The van der Waals surface area contributed by atoms with E-state index in [0.29, 0.717) is 6.42 Å². The highest BCUT2D eigenvalue weighted by Crippen LogP contribution is 2.29. The van der Waals surface area contributed by atoms with Crippen molar-refractivity contribution < 1.29 is 9.90 Å². The van der Waals surface area contributed by atoms with Crippen molar-refractivity contribution >= 4 is 12.0 Å². The van der Waals surface area contributed by atoms with Gasteiger partial charge in [0.2, 0.25) is 0 Å². The summed E-state index contributed by atoms with van der Waals surface area (Å²) in [5.74, 6) is -1.40. The van der Waals surface area contributed by atoms with E-state index in [0.717, 1.165) is 10.6 Å². The molecule has 0 fully saturated rings. The first-order valence-electron chi connectivity index (χ1n) is 5.60. The van der Waals surface area contributed by atoms with Crippen molar-refractivity contribution in [2.75, 3.05) is 0 Å². The van der Waals surface area contributed by atoms with E-state index in [4.69, 9.17) is 0 Å². The summed E-state index contributed by atoms with van der Waals surface area (Å²) >= 11 is 0. The monoisotopic (exact) mass is 229 g/mol. The molecule has 3 heteroatoms. The van der Waals surface area contributed by atoms with E-state index in [-0.39, 0.29) is 0 Å². The summed E-state index contributed by atoms with van der Waals surface area (Å²) in [4.78, 5) is 15.8. The number of para-hydroxylation sites is 1. The molecule has 0 radical (unpaired) electrons. The Morgan fingerprint density at radius 2 is 2.29 bits per heavy atom. The molecule has 0 aromatic heterocycles. The average molecular weight is 229 g/mol. The molecule has 0 amide bonds. The van der Waals surface area contributed by atoms with Crippen molar-refractivity contribution in [3.05, 3.63) is 47.5 Å². The van der Waals surface area contributed by atoms with Gasteiger partial charge >= 0.3 is 5.97 Å². The molecule has 1 aliphatic heterocycles. The van der Waals surface area contributed by atoms with Gasteiger partial charge in [-0.15, -0.1) is 6.58 Å². The second kappa shape index (κ2) is 4.17. The highest BCUT2D eigenvalue weighted by atomic mass is 16.4. The Kier molecular flexibility index (Phi) is 2.84. The van der Waals surface area contributed by atoms with Crippen LogP contribution in [0.3, 0.4) is 0 Å². The molecular weight excluding hydrogens is 214 g/mol. The molecule has 17 heavy (non-hydrogen) atoms. The van der Waals surface area contributed by atoms with Gasteiger partial charge in [-0.3, -0.25) is 9.79 Å². The van der Waals surface area contributed by atoms with Crippen LogP contribution in [0.2, 0.25) is 0 Å². The lowest BCUT2D eigenvalue weighted by Crippen LogP contribution is -2.36. The zero-order chi connectivity index (χ0) is 12.5. The van der Waals surface area contributed by atoms with Crippen LogP contribution in [0.4, 0.5) is 0 Å². The zero-order valence-corrected chi connectivity index (χ0v) is 9.76. The molecule has 1 N–H and O–H groups in total. The van der Waals surface area contributed by atoms with E-state index in [2.05, 4.69) is 11.6 Å². The van der Waals surface area contributed by atoms with Crippen molar-refractivity contribution in [1.29, 1.82) is 0 Å². The lowest BCUT2D eigenvalue weighted by Gasteiger charge is -2.27. The standard InChI is InChI=1S/C14H15NO2/c1-3-8-14(10(2)13(16)17)9-11-6-4-5-7-12(11)15-14/h3-7,9-10H,1,8H2,2H3,(H,16,17). The second-order valence-corrected chi connectivity index (χ2v) is 4.36. The fraction of sp³-hybridized carbons (Fsp3) is 0.286. The fourth-order valence-corrected chi connectivity index (χ4v) is 2.19. The summed E-state index contributed by atoms with van der Waals surface area (Å²) < 4.78 is 0. The third-order valence-electron chi connectivity index (χ3n) is 3.26. The molecule has 1 aromatic carbocycles. The summed E-state index contributed by atoms with van der Waals surface area (Å²) in [6.07, 6.45) is 4.21. The first-order valence-corrected chi connectivity index (χ1v) is 5.60. The van der Waals surface area contributed by atoms with Crippen molar-refractivity contribution in [3.8, 4) is 0 Å². The average Bonchev–Trinajstić information content (AvgIpc) is 2.67. The number of benzene rings is 1. The van der Waals surface area contributed by atoms with E-state index in [9.17, 15) is 9.90 Å². The van der Waals surface area contributed by atoms with Crippen molar-refractivity contribution in [3.63, 3.8) is 0 Å². The maximum atomic E-state index is 11.2. The largest absolute Gasteiger partial charge is 0.481 e. The number of carboxylic acids is 1. The summed E-state index contributed by atoms with van der Waals surface area (Å²) in [5.41, 5.74) is -0.683. The molecule has 0 spiro atoms. The van der Waals surface area contributed by atoms with Crippen LogP contribution in [-0.4, -0.2) is 16.6 Å². The predicted molar refractivity (Wildman–Crippen MR) is 66.0 cm³/mol. The van der Waals surface area contributed by atoms with Gasteiger partial charge in [0.25, 0.3) is 0 Å². The molecule has 88 valence electrons. The van der Waals surface area contributed by atoms with Gasteiger partial charge in [0.05, 0.1) is 16.8 Å². The Morgan fingerprint density at radius 1 is 1.59 bits per heavy atom. The van der Waals surface area contributed by atoms with Gasteiger partial charge in [-0.2, -0.15) is 0 Å². The summed E-state index contributed by atoms with van der Waals surface area (Å²) in [6.45, 7) is 5.39. The van der Waals surface area contributed by atoms with Crippen LogP contribution in [0.1, 0.15) is 13.3 Å². The number of hydrogen-bond donors (Lipinski definition) is 1. The van der Waals surface area contributed by atoms with E-state index in [1.165, 1.54) is 0 Å². The minimum absolute atomic E-state index is 0.537. The van der Waals surface area contributed by atoms with Crippen LogP contribution in [0.25, 0.3) is 6.08 Å². The van der Waals surface area contributed by atoms with Crippen molar-refractivity contribution in [1.82, 2.24) is 0 Å². The highest BCUT2D eigenvalue weighted by molar-refractivity contribution is 5.74. The molecule has 1 heterocycles. The van der Waals surface area contributed by atoms with Gasteiger partial charge in [0.1, 0.15) is 0 Å². The predicted octanol–water partition coefficient (Wildman–Crippen LogP) is 1.14. The number of aliphatic carboxylic acids is 1. The smallest absolute Gasteiger partial charge is 0.309 e. The number of nitrogens with zero attached hydrogens (tertiary/aromatic N) is 1. The number of carbonyl (C=O) groups is 1. The maximum absolute atomic E-state index is 11.2. The van der Waals surface area contributed by atoms with Gasteiger partial charge in [-0.25, -0.2) is 0 Å².